The number of thiazole rings is 1. The Morgan fingerprint density at radius 2 is 1.96 bits per heavy atom. The molecule has 28 heavy (non-hydrogen) atoms. The number of anilines is 1. The van der Waals surface area contributed by atoms with E-state index in [2.05, 4.69) is 11.4 Å². The highest BCUT2D eigenvalue weighted by atomic mass is 32.1. The van der Waals surface area contributed by atoms with Gasteiger partial charge in [-0.3, -0.25) is 0 Å². The van der Waals surface area contributed by atoms with Gasteiger partial charge in [0.05, 0.1) is 19.3 Å². The minimum atomic E-state index is -0.0567. The lowest BCUT2D eigenvalue weighted by atomic mass is 10.1. The molecular weight excluding hydrogens is 370 g/mol. The Hall–Kier alpha value is -2.86. The van der Waals surface area contributed by atoms with E-state index in [0.717, 1.165) is 50.1 Å². The first-order valence-electron chi connectivity index (χ1n) is 9.29. The lowest BCUT2D eigenvalue weighted by Gasteiger charge is -2.26. The number of methoxy groups -OCH3 is 1. The quantitative estimate of drug-likeness (QED) is 0.679. The van der Waals surface area contributed by atoms with E-state index in [-0.39, 0.29) is 6.03 Å². The maximum Gasteiger partial charge on any atom is 0.322 e. The maximum absolute atomic E-state index is 12.8. The lowest BCUT2D eigenvalue weighted by Crippen LogP contribution is -2.38. The van der Waals surface area contributed by atoms with Crippen LogP contribution in [0.2, 0.25) is 0 Å². The third-order valence-electron chi connectivity index (χ3n) is 4.99. The molecule has 0 spiro atoms. The number of benzene rings is 2. The maximum atomic E-state index is 12.8. The zero-order valence-corrected chi connectivity index (χ0v) is 17.1. The monoisotopic (exact) mass is 393 g/mol. The SMILES string of the molecule is COc1ccc(-c2nc3c(s2)CN(C(=O)Nc2cc(C)ccc2C)CC3)cc1. The fourth-order valence-corrected chi connectivity index (χ4v) is 4.42. The van der Waals surface area contributed by atoms with Crippen LogP contribution in [0.15, 0.2) is 42.5 Å². The molecular formula is C22H23N3O2S. The smallest absolute Gasteiger partial charge is 0.322 e. The molecule has 6 heteroatoms. The molecule has 5 nitrogen and oxygen atoms in total. The van der Waals surface area contributed by atoms with Crippen molar-refractivity contribution in [2.24, 2.45) is 0 Å². The minimum Gasteiger partial charge on any atom is -0.497 e. The number of hydrogen-bond acceptors (Lipinski definition) is 4. The van der Waals surface area contributed by atoms with Crippen LogP contribution < -0.4 is 10.1 Å². The number of carbonyl (C=O) groups is 1. The number of ether oxygens (including phenoxy) is 1. The molecule has 144 valence electrons. The Morgan fingerprint density at radius 1 is 1.18 bits per heavy atom. The van der Waals surface area contributed by atoms with Crippen LogP contribution in [0.1, 0.15) is 21.7 Å². The molecule has 1 aliphatic heterocycles. The summed E-state index contributed by atoms with van der Waals surface area (Å²) in [6.45, 7) is 5.31. The molecule has 1 aromatic heterocycles. The Balaban J connectivity index is 1.49. The normalized spacial score (nSPS) is 13.2. The topological polar surface area (TPSA) is 54.5 Å². The Labute approximate surface area is 169 Å². The van der Waals surface area contributed by atoms with E-state index in [9.17, 15) is 4.79 Å². The van der Waals surface area contributed by atoms with E-state index in [1.54, 1.807) is 18.4 Å². The van der Waals surface area contributed by atoms with E-state index < -0.39 is 0 Å². The third kappa shape index (κ3) is 3.73. The van der Waals surface area contributed by atoms with Gasteiger partial charge in [-0.1, -0.05) is 12.1 Å². The Morgan fingerprint density at radius 3 is 2.71 bits per heavy atom. The van der Waals surface area contributed by atoms with Gasteiger partial charge in [0.25, 0.3) is 0 Å². The summed E-state index contributed by atoms with van der Waals surface area (Å²) in [4.78, 5) is 20.6. The molecule has 3 aromatic rings. The van der Waals surface area contributed by atoms with Crippen molar-refractivity contribution in [1.29, 1.82) is 0 Å². The standard InChI is InChI=1S/C22H23N3O2S/c1-14-4-5-15(2)19(12-14)24-22(26)25-11-10-18-20(13-25)28-21(23-18)16-6-8-17(27-3)9-7-16/h4-9,12H,10-11,13H2,1-3H3,(H,24,26). The Kier molecular flexibility index (Phi) is 5.05. The van der Waals surface area contributed by atoms with E-state index in [1.165, 1.54) is 0 Å². The number of rotatable bonds is 3. The summed E-state index contributed by atoms with van der Waals surface area (Å²) < 4.78 is 5.22. The van der Waals surface area contributed by atoms with Crippen molar-refractivity contribution in [2.45, 2.75) is 26.8 Å². The van der Waals surface area contributed by atoms with Gasteiger partial charge in [-0.05, 0) is 55.3 Å². The van der Waals surface area contributed by atoms with Crippen LogP contribution >= 0.6 is 11.3 Å². The van der Waals surface area contributed by atoms with Crippen molar-refractivity contribution in [3.8, 4) is 16.3 Å². The number of amides is 2. The number of nitrogens with one attached hydrogen (secondary N) is 1. The number of carbonyl (C=O) groups excluding carboxylic acids is 1. The fourth-order valence-electron chi connectivity index (χ4n) is 3.29. The van der Waals surface area contributed by atoms with E-state index in [0.29, 0.717) is 13.1 Å². The summed E-state index contributed by atoms with van der Waals surface area (Å²) in [7, 11) is 1.66. The predicted octanol–water partition coefficient (Wildman–Crippen LogP) is 5.03. The van der Waals surface area contributed by atoms with E-state index in [1.807, 2.05) is 55.1 Å². The van der Waals surface area contributed by atoms with E-state index in [4.69, 9.17) is 9.72 Å². The number of aromatic nitrogens is 1. The number of nitrogens with zero attached hydrogens (tertiary/aromatic N) is 2. The summed E-state index contributed by atoms with van der Waals surface area (Å²) >= 11 is 1.66. The van der Waals surface area contributed by atoms with Crippen LogP contribution in [-0.2, 0) is 13.0 Å². The number of urea groups is 1. The highest BCUT2D eigenvalue weighted by Gasteiger charge is 2.24. The van der Waals surface area contributed by atoms with Gasteiger partial charge in [-0.25, -0.2) is 9.78 Å². The molecule has 2 heterocycles. The molecule has 0 saturated heterocycles. The molecule has 4 rings (SSSR count). The summed E-state index contributed by atoms with van der Waals surface area (Å²) in [6, 6.07) is 14.0. The molecule has 0 aliphatic carbocycles. The van der Waals surface area contributed by atoms with Crippen LogP contribution in [0, 0.1) is 13.8 Å². The van der Waals surface area contributed by atoms with Gasteiger partial charge >= 0.3 is 6.03 Å². The van der Waals surface area contributed by atoms with Crippen LogP contribution in [0.5, 0.6) is 5.75 Å². The largest absolute Gasteiger partial charge is 0.497 e. The van der Waals surface area contributed by atoms with Crippen molar-refractivity contribution >= 4 is 23.1 Å². The molecule has 1 N–H and O–H groups in total. The molecule has 0 fully saturated rings. The summed E-state index contributed by atoms with van der Waals surface area (Å²) in [5.74, 6) is 0.833. The summed E-state index contributed by atoms with van der Waals surface area (Å²) in [5, 5.41) is 4.05. The zero-order valence-electron chi connectivity index (χ0n) is 16.3. The van der Waals surface area contributed by atoms with Crippen LogP contribution in [0.25, 0.3) is 10.6 Å². The number of hydrogen-bond donors (Lipinski definition) is 1. The fraction of sp³-hybridized carbons (Fsp3) is 0.273. The predicted molar refractivity (Wildman–Crippen MR) is 113 cm³/mol. The third-order valence-corrected chi connectivity index (χ3v) is 6.12. The minimum absolute atomic E-state index is 0.0567. The average Bonchev–Trinajstić information content (AvgIpc) is 3.14. The van der Waals surface area contributed by atoms with E-state index >= 15 is 0 Å². The Bertz CT molecular complexity index is 1010. The first-order valence-corrected chi connectivity index (χ1v) is 10.1. The lowest BCUT2D eigenvalue weighted by molar-refractivity contribution is 0.207. The summed E-state index contributed by atoms with van der Waals surface area (Å²) in [6.07, 6.45) is 0.780. The zero-order chi connectivity index (χ0) is 19.7. The van der Waals surface area contributed by atoms with Crippen molar-refractivity contribution < 1.29 is 9.53 Å². The van der Waals surface area contributed by atoms with Gasteiger partial charge < -0.3 is 15.0 Å². The van der Waals surface area contributed by atoms with Gasteiger partial charge in [-0.2, -0.15) is 0 Å². The van der Waals surface area contributed by atoms with Gasteiger partial charge in [0.1, 0.15) is 10.8 Å². The second-order valence-corrected chi connectivity index (χ2v) is 8.12. The molecule has 1 aliphatic rings. The molecule has 0 unspecified atom stereocenters. The highest BCUT2D eigenvalue weighted by molar-refractivity contribution is 7.15. The van der Waals surface area contributed by atoms with Gasteiger partial charge in [0.2, 0.25) is 0 Å². The van der Waals surface area contributed by atoms with Crippen molar-refractivity contribution in [1.82, 2.24) is 9.88 Å². The van der Waals surface area contributed by atoms with Crippen molar-refractivity contribution in [3.63, 3.8) is 0 Å². The van der Waals surface area contributed by atoms with Gasteiger partial charge in [-0.15, -0.1) is 11.3 Å². The van der Waals surface area contributed by atoms with Gasteiger partial charge in [0.15, 0.2) is 0 Å². The van der Waals surface area contributed by atoms with Crippen LogP contribution in [0.4, 0.5) is 10.5 Å². The molecule has 0 bridgehead atoms. The van der Waals surface area contributed by atoms with Crippen LogP contribution in [-0.4, -0.2) is 29.6 Å². The average molecular weight is 394 g/mol. The van der Waals surface area contributed by atoms with Gasteiger partial charge in [0, 0.05) is 29.1 Å². The number of aryl methyl sites for hydroxylation is 2. The second-order valence-electron chi connectivity index (χ2n) is 7.04. The van der Waals surface area contributed by atoms with Crippen molar-refractivity contribution in [2.75, 3.05) is 19.0 Å². The molecule has 2 amide bonds. The summed E-state index contributed by atoms with van der Waals surface area (Å²) in [5.41, 5.74) is 5.25. The first-order chi connectivity index (χ1) is 13.5. The second kappa shape index (κ2) is 7.64. The number of fused-ring (bicyclic) bond motifs is 1. The first kappa shape index (κ1) is 18.5. The molecule has 2 aromatic carbocycles. The van der Waals surface area contributed by atoms with Crippen molar-refractivity contribution in [3.05, 3.63) is 64.2 Å². The highest BCUT2D eigenvalue weighted by Crippen LogP contribution is 2.32. The van der Waals surface area contributed by atoms with Crippen LogP contribution in [0.3, 0.4) is 0 Å². The molecule has 0 radical (unpaired) electrons. The molecule has 0 saturated carbocycles. The molecule has 0 atom stereocenters.